The lowest BCUT2D eigenvalue weighted by atomic mass is 10.0. The van der Waals surface area contributed by atoms with Gasteiger partial charge in [-0.25, -0.2) is 4.39 Å². The first-order valence-electron chi connectivity index (χ1n) is 6.32. The largest absolute Gasteiger partial charge is 0.494 e. The third kappa shape index (κ3) is 3.92. The van der Waals surface area contributed by atoms with E-state index in [-0.39, 0.29) is 18.2 Å². The third-order valence-corrected chi connectivity index (χ3v) is 3.18. The van der Waals surface area contributed by atoms with E-state index >= 15 is 0 Å². The van der Waals surface area contributed by atoms with Gasteiger partial charge in [-0.3, -0.25) is 9.69 Å². The second-order valence-electron chi connectivity index (χ2n) is 4.23. The number of nitrogens with zero attached hydrogens (tertiary/aromatic N) is 1. The van der Waals surface area contributed by atoms with Gasteiger partial charge in [0.25, 0.3) is 0 Å². The molecule has 1 unspecified atom stereocenters. The molecule has 0 heterocycles. The highest BCUT2D eigenvalue weighted by Crippen LogP contribution is 2.28. The first-order valence-corrected chi connectivity index (χ1v) is 6.32. The molecule has 4 nitrogen and oxygen atoms in total. The molecule has 1 rings (SSSR count). The van der Waals surface area contributed by atoms with Crippen molar-refractivity contribution >= 4 is 5.97 Å². The van der Waals surface area contributed by atoms with E-state index in [1.165, 1.54) is 19.2 Å². The Morgan fingerprint density at radius 3 is 2.47 bits per heavy atom. The van der Waals surface area contributed by atoms with Crippen molar-refractivity contribution in [2.24, 2.45) is 0 Å². The van der Waals surface area contributed by atoms with Gasteiger partial charge in [0.2, 0.25) is 0 Å². The van der Waals surface area contributed by atoms with Crippen molar-refractivity contribution in [2.45, 2.75) is 26.3 Å². The SMILES string of the molecule is CCN(CC)C(CC(=O)O)c1ccc(OC)c(F)c1. The van der Waals surface area contributed by atoms with Crippen LogP contribution >= 0.6 is 0 Å². The van der Waals surface area contributed by atoms with Crippen LogP contribution in [0.2, 0.25) is 0 Å². The highest BCUT2D eigenvalue weighted by molar-refractivity contribution is 5.68. The Morgan fingerprint density at radius 1 is 1.42 bits per heavy atom. The van der Waals surface area contributed by atoms with Crippen molar-refractivity contribution in [2.75, 3.05) is 20.2 Å². The van der Waals surface area contributed by atoms with Gasteiger partial charge in [-0.05, 0) is 30.8 Å². The maximum atomic E-state index is 13.7. The van der Waals surface area contributed by atoms with Crippen LogP contribution in [-0.2, 0) is 4.79 Å². The molecule has 0 bridgehead atoms. The van der Waals surface area contributed by atoms with Crippen LogP contribution in [0.4, 0.5) is 4.39 Å². The Kier molecular flexibility index (Phi) is 5.76. The number of carbonyl (C=O) groups is 1. The number of hydrogen-bond donors (Lipinski definition) is 1. The number of benzene rings is 1. The fraction of sp³-hybridized carbons (Fsp3) is 0.500. The van der Waals surface area contributed by atoms with Crippen LogP contribution in [0.1, 0.15) is 31.9 Å². The van der Waals surface area contributed by atoms with E-state index in [1.807, 2.05) is 18.7 Å². The summed E-state index contributed by atoms with van der Waals surface area (Å²) in [6, 6.07) is 4.27. The van der Waals surface area contributed by atoms with E-state index in [2.05, 4.69) is 0 Å². The van der Waals surface area contributed by atoms with Gasteiger partial charge in [-0.2, -0.15) is 0 Å². The number of carboxylic acids is 1. The van der Waals surface area contributed by atoms with Gasteiger partial charge in [0.05, 0.1) is 13.5 Å². The maximum Gasteiger partial charge on any atom is 0.305 e. The van der Waals surface area contributed by atoms with E-state index in [0.717, 1.165) is 0 Å². The fourth-order valence-electron chi connectivity index (χ4n) is 2.18. The average molecular weight is 269 g/mol. The normalized spacial score (nSPS) is 12.5. The van der Waals surface area contributed by atoms with Crippen molar-refractivity contribution in [3.8, 4) is 5.75 Å². The van der Waals surface area contributed by atoms with Crippen LogP contribution in [0.25, 0.3) is 0 Å². The number of halogens is 1. The van der Waals surface area contributed by atoms with Crippen molar-refractivity contribution < 1.29 is 19.0 Å². The van der Waals surface area contributed by atoms with Crippen molar-refractivity contribution in [3.05, 3.63) is 29.6 Å². The van der Waals surface area contributed by atoms with Gasteiger partial charge in [0, 0.05) is 6.04 Å². The smallest absolute Gasteiger partial charge is 0.305 e. The molecule has 1 aromatic carbocycles. The monoisotopic (exact) mass is 269 g/mol. The summed E-state index contributed by atoms with van der Waals surface area (Å²) in [4.78, 5) is 13.0. The predicted octanol–water partition coefficient (Wildman–Crippen LogP) is 2.69. The van der Waals surface area contributed by atoms with Crippen LogP contribution in [0.3, 0.4) is 0 Å². The molecular weight excluding hydrogens is 249 g/mol. The summed E-state index contributed by atoms with van der Waals surface area (Å²) in [5.74, 6) is -1.20. The minimum Gasteiger partial charge on any atom is -0.494 e. The molecule has 1 N–H and O–H groups in total. The fourth-order valence-corrected chi connectivity index (χ4v) is 2.18. The molecule has 0 spiro atoms. The zero-order valence-electron chi connectivity index (χ0n) is 11.5. The minimum absolute atomic E-state index is 0.0482. The van der Waals surface area contributed by atoms with Crippen molar-refractivity contribution in [3.63, 3.8) is 0 Å². The van der Waals surface area contributed by atoms with Crippen LogP contribution in [0.5, 0.6) is 5.75 Å². The van der Waals surface area contributed by atoms with Crippen LogP contribution < -0.4 is 4.74 Å². The van der Waals surface area contributed by atoms with Crippen molar-refractivity contribution in [1.82, 2.24) is 4.90 Å². The lowest BCUT2D eigenvalue weighted by molar-refractivity contribution is -0.138. The second-order valence-corrected chi connectivity index (χ2v) is 4.23. The molecular formula is C14H20FNO3. The summed E-state index contributed by atoms with van der Waals surface area (Å²) < 4.78 is 18.6. The van der Waals surface area contributed by atoms with Gasteiger partial charge in [-0.1, -0.05) is 19.9 Å². The topological polar surface area (TPSA) is 49.8 Å². The Labute approximate surface area is 112 Å². The van der Waals surface area contributed by atoms with Crippen LogP contribution in [0, 0.1) is 5.82 Å². The Hall–Kier alpha value is -1.62. The van der Waals surface area contributed by atoms with Gasteiger partial charge in [0.15, 0.2) is 11.6 Å². The van der Waals surface area contributed by atoms with E-state index in [9.17, 15) is 9.18 Å². The zero-order chi connectivity index (χ0) is 14.4. The molecule has 0 fully saturated rings. The molecule has 0 radical (unpaired) electrons. The first-order chi connectivity index (χ1) is 9.03. The number of ether oxygens (including phenoxy) is 1. The van der Waals surface area contributed by atoms with E-state index < -0.39 is 11.8 Å². The van der Waals surface area contributed by atoms with E-state index in [1.54, 1.807) is 6.07 Å². The molecule has 0 saturated heterocycles. The zero-order valence-corrected chi connectivity index (χ0v) is 11.5. The summed E-state index contributed by atoms with van der Waals surface area (Å²) in [5.41, 5.74) is 0.657. The lowest BCUT2D eigenvalue weighted by Gasteiger charge is -2.29. The minimum atomic E-state index is -0.895. The van der Waals surface area contributed by atoms with Gasteiger partial charge >= 0.3 is 5.97 Å². The quantitative estimate of drug-likeness (QED) is 0.827. The Morgan fingerprint density at radius 2 is 2.05 bits per heavy atom. The summed E-state index contributed by atoms with van der Waals surface area (Å²) in [7, 11) is 1.40. The molecule has 0 amide bonds. The molecule has 0 saturated carbocycles. The molecule has 106 valence electrons. The molecule has 19 heavy (non-hydrogen) atoms. The Bertz CT molecular complexity index is 433. The van der Waals surface area contributed by atoms with Crippen LogP contribution in [-0.4, -0.2) is 36.2 Å². The van der Waals surface area contributed by atoms with Gasteiger partial charge in [-0.15, -0.1) is 0 Å². The number of carboxylic acid groups (broad SMARTS) is 1. The second kappa shape index (κ2) is 7.09. The number of methoxy groups -OCH3 is 1. The number of hydrogen-bond acceptors (Lipinski definition) is 3. The molecule has 0 aliphatic carbocycles. The van der Waals surface area contributed by atoms with E-state index in [4.69, 9.17) is 9.84 Å². The predicted molar refractivity (Wildman–Crippen MR) is 70.9 cm³/mol. The first kappa shape index (κ1) is 15.4. The Balaban J connectivity index is 3.09. The molecule has 1 aromatic rings. The summed E-state index contributed by atoms with van der Waals surface area (Å²) in [6.45, 7) is 5.33. The van der Waals surface area contributed by atoms with Gasteiger partial charge in [0.1, 0.15) is 0 Å². The maximum absolute atomic E-state index is 13.7. The van der Waals surface area contributed by atoms with Gasteiger partial charge < -0.3 is 9.84 Å². The molecule has 0 aromatic heterocycles. The standard InChI is InChI=1S/C14H20FNO3/c1-4-16(5-2)12(9-14(17)18)10-6-7-13(19-3)11(15)8-10/h6-8,12H,4-5,9H2,1-3H3,(H,17,18). The summed E-state index contributed by atoms with van der Waals surface area (Å²) >= 11 is 0. The highest BCUT2D eigenvalue weighted by Gasteiger charge is 2.22. The van der Waals surface area contributed by atoms with Crippen molar-refractivity contribution in [1.29, 1.82) is 0 Å². The summed E-state index contributed by atoms with van der Waals surface area (Å²) in [6.07, 6.45) is -0.0482. The molecule has 5 heteroatoms. The average Bonchev–Trinajstić information content (AvgIpc) is 2.38. The third-order valence-electron chi connectivity index (χ3n) is 3.18. The summed E-state index contributed by atoms with van der Waals surface area (Å²) in [5, 5.41) is 9.01. The number of rotatable bonds is 7. The highest BCUT2D eigenvalue weighted by atomic mass is 19.1. The number of aliphatic carboxylic acids is 1. The molecule has 0 aliphatic heterocycles. The molecule has 0 aliphatic rings. The van der Waals surface area contributed by atoms with E-state index in [0.29, 0.717) is 18.7 Å². The van der Waals surface area contributed by atoms with Crippen LogP contribution in [0.15, 0.2) is 18.2 Å². The lowest BCUT2D eigenvalue weighted by Crippen LogP contribution is -2.30. The molecule has 1 atom stereocenters.